The van der Waals surface area contributed by atoms with Gasteiger partial charge in [0.2, 0.25) is 0 Å². The first-order chi connectivity index (χ1) is 12.6. The van der Waals surface area contributed by atoms with Crippen molar-refractivity contribution in [2.24, 2.45) is 0 Å². The van der Waals surface area contributed by atoms with Crippen molar-refractivity contribution < 1.29 is 9.53 Å². The summed E-state index contributed by atoms with van der Waals surface area (Å²) in [5, 5.41) is 3.75. The van der Waals surface area contributed by atoms with E-state index in [0.717, 1.165) is 29.2 Å². The highest BCUT2D eigenvalue weighted by molar-refractivity contribution is 6.31. The van der Waals surface area contributed by atoms with Gasteiger partial charge >= 0.3 is 0 Å². The van der Waals surface area contributed by atoms with Crippen LogP contribution in [0.25, 0.3) is 0 Å². The third-order valence-corrected chi connectivity index (χ3v) is 5.04. The lowest BCUT2D eigenvalue weighted by atomic mass is 10.1. The van der Waals surface area contributed by atoms with Crippen LogP contribution in [0.3, 0.4) is 0 Å². The van der Waals surface area contributed by atoms with Gasteiger partial charge in [-0.05, 0) is 62.2 Å². The number of rotatable bonds is 7. The third-order valence-electron chi connectivity index (χ3n) is 4.70. The smallest absolute Gasteiger partial charge is 0.258 e. The Morgan fingerprint density at radius 3 is 2.63 bits per heavy atom. The Morgan fingerprint density at radius 2 is 1.93 bits per heavy atom. The van der Waals surface area contributed by atoms with Crippen LogP contribution in [-0.2, 0) is 4.79 Å². The molecule has 2 aromatic rings. The van der Waals surface area contributed by atoms with Crippen LogP contribution in [0.2, 0.25) is 5.02 Å². The molecule has 1 atom stereocenters. The zero-order valence-electron chi connectivity index (χ0n) is 15.5. The van der Waals surface area contributed by atoms with Gasteiger partial charge in [-0.2, -0.15) is 0 Å². The van der Waals surface area contributed by atoms with Gasteiger partial charge in [0.05, 0.1) is 6.04 Å². The van der Waals surface area contributed by atoms with E-state index in [-0.39, 0.29) is 31.0 Å². The van der Waals surface area contributed by atoms with Gasteiger partial charge in [0.1, 0.15) is 5.75 Å². The van der Waals surface area contributed by atoms with Crippen molar-refractivity contribution in [3.8, 4) is 5.75 Å². The fourth-order valence-electron chi connectivity index (χ4n) is 3.35. The van der Waals surface area contributed by atoms with Crippen molar-refractivity contribution in [3.63, 3.8) is 0 Å². The zero-order valence-corrected chi connectivity index (χ0v) is 17.1. The van der Waals surface area contributed by atoms with Gasteiger partial charge in [0.25, 0.3) is 5.91 Å². The maximum Gasteiger partial charge on any atom is 0.258 e. The summed E-state index contributed by atoms with van der Waals surface area (Å²) < 4.78 is 5.58. The van der Waals surface area contributed by atoms with Crippen molar-refractivity contribution in [2.45, 2.75) is 25.8 Å². The fourth-order valence-corrected chi connectivity index (χ4v) is 3.61. The van der Waals surface area contributed by atoms with Gasteiger partial charge in [-0.1, -0.05) is 41.9 Å². The molecule has 1 saturated heterocycles. The summed E-state index contributed by atoms with van der Waals surface area (Å²) in [4.78, 5) is 14.6. The number of ether oxygens (including phenoxy) is 1. The van der Waals surface area contributed by atoms with Crippen molar-refractivity contribution in [1.29, 1.82) is 0 Å². The summed E-state index contributed by atoms with van der Waals surface area (Å²) >= 11 is 6.40. The first kappa shape index (κ1) is 21.5. The number of likely N-dealkylation sites (tertiary alicyclic amines) is 1. The molecule has 6 heteroatoms. The lowest BCUT2D eigenvalue weighted by Crippen LogP contribution is -2.38. The predicted octanol–water partition coefficient (Wildman–Crippen LogP) is 4.40. The van der Waals surface area contributed by atoms with Crippen molar-refractivity contribution in [3.05, 3.63) is 64.7 Å². The SMILES string of the molecule is Cc1cccc(OCC(=O)NCC(c2ccccc2Cl)N2CCCC2)c1.Cl. The third kappa shape index (κ3) is 6.13. The molecule has 27 heavy (non-hydrogen) atoms. The zero-order chi connectivity index (χ0) is 18.4. The molecule has 1 N–H and O–H groups in total. The van der Waals surface area contributed by atoms with E-state index in [9.17, 15) is 4.79 Å². The number of benzene rings is 2. The van der Waals surface area contributed by atoms with Crippen molar-refractivity contribution in [1.82, 2.24) is 10.2 Å². The number of carbonyl (C=O) groups excluding carboxylic acids is 1. The van der Waals surface area contributed by atoms with E-state index >= 15 is 0 Å². The molecule has 3 rings (SSSR count). The van der Waals surface area contributed by atoms with Crippen LogP contribution in [-0.4, -0.2) is 37.0 Å². The number of amides is 1. The van der Waals surface area contributed by atoms with E-state index in [4.69, 9.17) is 16.3 Å². The number of aryl methyl sites for hydroxylation is 1. The molecule has 0 radical (unpaired) electrons. The molecule has 0 bridgehead atoms. The van der Waals surface area contributed by atoms with Crippen LogP contribution in [0.4, 0.5) is 0 Å². The quantitative estimate of drug-likeness (QED) is 0.737. The number of hydrogen-bond acceptors (Lipinski definition) is 3. The first-order valence-corrected chi connectivity index (χ1v) is 9.46. The maximum atomic E-state index is 12.2. The fraction of sp³-hybridized carbons (Fsp3) is 0.381. The molecule has 0 aromatic heterocycles. The summed E-state index contributed by atoms with van der Waals surface area (Å²) in [6, 6.07) is 15.7. The summed E-state index contributed by atoms with van der Waals surface area (Å²) in [5.41, 5.74) is 2.17. The minimum Gasteiger partial charge on any atom is -0.484 e. The Hall–Kier alpha value is -1.75. The summed E-state index contributed by atoms with van der Waals surface area (Å²) in [7, 11) is 0. The Bertz CT molecular complexity index is 748. The van der Waals surface area contributed by atoms with Gasteiger partial charge < -0.3 is 10.1 Å². The highest BCUT2D eigenvalue weighted by atomic mass is 35.5. The molecule has 0 aliphatic carbocycles. The average Bonchev–Trinajstić information content (AvgIpc) is 3.16. The van der Waals surface area contributed by atoms with Crippen molar-refractivity contribution in [2.75, 3.05) is 26.2 Å². The van der Waals surface area contributed by atoms with Crippen LogP contribution < -0.4 is 10.1 Å². The second kappa shape index (κ2) is 10.5. The highest BCUT2D eigenvalue weighted by Gasteiger charge is 2.25. The number of halogens is 2. The number of nitrogens with zero attached hydrogens (tertiary/aromatic N) is 1. The summed E-state index contributed by atoms with van der Waals surface area (Å²) in [6.07, 6.45) is 2.37. The second-order valence-electron chi connectivity index (χ2n) is 6.69. The molecular formula is C21H26Cl2N2O2. The lowest BCUT2D eigenvalue weighted by Gasteiger charge is -2.29. The van der Waals surface area contributed by atoms with Crippen LogP contribution >= 0.6 is 24.0 Å². The topological polar surface area (TPSA) is 41.6 Å². The van der Waals surface area contributed by atoms with E-state index in [1.807, 2.05) is 55.5 Å². The highest BCUT2D eigenvalue weighted by Crippen LogP contribution is 2.29. The molecule has 1 aliphatic heterocycles. The minimum absolute atomic E-state index is 0. The molecule has 0 saturated carbocycles. The van der Waals surface area contributed by atoms with Crippen LogP contribution in [0.5, 0.6) is 5.75 Å². The van der Waals surface area contributed by atoms with Gasteiger partial charge in [-0.15, -0.1) is 12.4 Å². The van der Waals surface area contributed by atoms with Gasteiger partial charge in [-0.3, -0.25) is 9.69 Å². The Kier molecular flexibility index (Phi) is 8.42. The predicted molar refractivity (Wildman–Crippen MR) is 112 cm³/mol. The molecule has 1 fully saturated rings. The van der Waals surface area contributed by atoms with Crippen molar-refractivity contribution >= 4 is 29.9 Å². The minimum atomic E-state index is -0.122. The Labute approximate surface area is 172 Å². The molecule has 146 valence electrons. The number of nitrogens with one attached hydrogen (secondary N) is 1. The molecule has 2 aromatic carbocycles. The van der Waals surface area contributed by atoms with Gasteiger partial charge in [0.15, 0.2) is 6.61 Å². The van der Waals surface area contributed by atoms with E-state index in [0.29, 0.717) is 12.3 Å². The molecule has 1 amide bonds. The average molecular weight is 409 g/mol. The van der Waals surface area contributed by atoms with Gasteiger partial charge in [-0.25, -0.2) is 0 Å². The molecule has 0 spiro atoms. The number of carbonyl (C=O) groups is 1. The van der Waals surface area contributed by atoms with E-state index in [2.05, 4.69) is 10.2 Å². The standard InChI is InChI=1S/C21H25ClN2O2.ClH/c1-16-7-6-8-17(13-16)26-15-21(25)23-14-20(24-11-4-5-12-24)18-9-2-3-10-19(18)22;/h2-3,6-10,13,20H,4-5,11-12,14-15H2,1H3,(H,23,25);1H. The number of hydrogen-bond donors (Lipinski definition) is 1. The molecular weight excluding hydrogens is 383 g/mol. The van der Waals surface area contributed by atoms with Crippen LogP contribution in [0.15, 0.2) is 48.5 Å². The maximum absolute atomic E-state index is 12.2. The molecule has 1 unspecified atom stereocenters. The van der Waals surface area contributed by atoms with E-state index in [1.165, 1.54) is 12.8 Å². The van der Waals surface area contributed by atoms with Crippen LogP contribution in [0, 0.1) is 6.92 Å². The normalized spacial score (nSPS) is 15.0. The molecule has 1 heterocycles. The molecule has 1 aliphatic rings. The second-order valence-corrected chi connectivity index (χ2v) is 7.10. The van der Waals surface area contributed by atoms with Gasteiger partial charge in [0, 0.05) is 11.6 Å². The Balaban J connectivity index is 0.00000261. The van der Waals surface area contributed by atoms with E-state index in [1.54, 1.807) is 0 Å². The van der Waals surface area contributed by atoms with E-state index < -0.39 is 0 Å². The largest absolute Gasteiger partial charge is 0.484 e. The summed E-state index contributed by atoms with van der Waals surface area (Å²) in [6.45, 7) is 4.60. The summed E-state index contributed by atoms with van der Waals surface area (Å²) in [5.74, 6) is 0.588. The monoisotopic (exact) mass is 408 g/mol. The Morgan fingerprint density at radius 1 is 1.19 bits per heavy atom. The van der Waals surface area contributed by atoms with Crippen LogP contribution in [0.1, 0.15) is 30.0 Å². The first-order valence-electron chi connectivity index (χ1n) is 9.08. The molecule has 4 nitrogen and oxygen atoms in total. The lowest BCUT2D eigenvalue weighted by molar-refractivity contribution is -0.123.